The van der Waals surface area contributed by atoms with Gasteiger partial charge in [0, 0.05) is 0 Å². The van der Waals surface area contributed by atoms with Gasteiger partial charge in [-0.2, -0.15) is 0 Å². The monoisotopic (exact) mass is 80.1 g/mol. The first-order valence-corrected chi connectivity index (χ1v) is 2.97. The second-order valence-electron chi connectivity index (χ2n) is 3.14. The Hall–Kier alpha value is 0. The molecule has 3 aliphatic rings. The summed E-state index contributed by atoms with van der Waals surface area (Å²) in [5.41, 5.74) is 0. The summed E-state index contributed by atoms with van der Waals surface area (Å²) in [6.07, 6.45) is 3.24. The number of rotatable bonds is 0. The largest absolute Gasteiger partial charge is 0.0467 e. The van der Waals surface area contributed by atoms with E-state index in [1.807, 2.05) is 0 Å². The van der Waals surface area contributed by atoms with Crippen LogP contribution in [-0.4, -0.2) is 0 Å². The zero-order valence-corrected chi connectivity index (χ0v) is 3.72. The van der Waals surface area contributed by atoms with Gasteiger partial charge in [0.05, 0.1) is 0 Å². The Balaban J connectivity index is 2.21. The van der Waals surface area contributed by atoms with E-state index in [9.17, 15) is 0 Å². The van der Waals surface area contributed by atoms with E-state index in [2.05, 4.69) is 0 Å². The zero-order chi connectivity index (χ0) is 3.72. The van der Waals surface area contributed by atoms with Crippen molar-refractivity contribution in [1.82, 2.24) is 0 Å². The van der Waals surface area contributed by atoms with Crippen molar-refractivity contribution < 1.29 is 0 Å². The molecule has 0 aromatic rings. The molecule has 0 aliphatic heterocycles. The standard InChI is InChI=1S/C6H8/c1-3-2-5-4(1)6(3)5/h3-6H,1-2H2/t3?,4-,5-,6?/m1/s1. The van der Waals surface area contributed by atoms with Crippen LogP contribution in [0.25, 0.3) is 0 Å². The molecule has 0 saturated heterocycles. The lowest BCUT2D eigenvalue weighted by Crippen LogP contribution is -2.18. The Morgan fingerprint density at radius 2 is 1.67 bits per heavy atom. The molecule has 0 N–H and O–H groups in total. The van der Waals surface area contributed by atoms with Gasteiger partial charge in [0.25, 0.3) is 0 Å². The van der Waals surface area contributed by atoms with Crippen molar-refractivity contribution in [3.05, 3.63) is 0 Å². The molecule has 0 heteroatoms. The molecule has 0 aromatic carbocycles. The first-order chi connectivity index (χ1) is 2.97. The third-order valence-electron chi connectivity index (χ3n) is 3.09. The third-order valence-corrected chi connectivity index (χ3v) is 3.09. The number of fused-ring (bicyclic) bond motifs is 1. The van der Waals surface area contributed by atoms with Gasteiger partial charge in [0.1, 0.15) is 0 Å². The molecular formula is C6H8. The van der Waals surface area contributed by atoms with E-state index in [1.54, 1.807) is 12.8 Å². The Morgan fingerprint density at radius 1 is 1.00 bits per heavy atom. The van der Waals surface area contributed by atoms with Gasteiger partial charge in [-0.05, 0) is 36.5 Å². The van der Waals surface area contributed by atoms with E-state index < -0.39 is 0 Å². The molecule has 0 spiro atoms. The minimum atomic E-state index is 1.25. The fourth-order valence-electron chi connectivity index (χ4n) is 2.56. The minimum Gasteiger partial charge on any atom is -0.0467 e. The average Bonchev–Trinajstić information content (AvgIpc) is 2.03. The lowest BCUT2D eigenvalue weighted by Gasteiger charge is -2.26. The van der Waals surface area contributed by atoms with E-state index >= 15 is 0 Å². The van der Waals surface area contributed by atoms with E-state index in [1.165, 1.54) is 23.7 Å². The molecule has 0 unspecified atom stereocenters. The maximum atomic E-state index is 1.62. The van der Waals surface area contributed by atoms with Gasteiger partial charge in [-0.15, -0.1) is 0 Å². The molecule has 0 heterocycles. The summed E-state index contributed by atoms with van der Waals surface area (Å²) in [5, 5.41) is 0. The molecular weight excluding hydrogens is 72.1 g/mol. The van der Waals surface area contributed by atoms with Gasteiger partial charge >= 0.3 is 0 Å². The average molecular weight is 80.1 g/mol. The van der Waals surface area contributed by atoms with Crippen molar-refractivity contribution in [1.29, 1.82) is 0 Å². The molecule has 3 rings (SSSR count). The Labute approximate surface area is 37.5 Å². The molecule has 0 amide bonds. The molecule has 3 fully saturated rings. The highest BCUT2D eigenvalue weighted by molar-refractivity contribution is 5.19. The highest BCUT2D eigenvalue weighted by atomic mass is 14.8. The van der Waals surface area contributed by atoms with E-state index in [-0.39, 0.29) is 0 Å². The summed E-state index contributed by atoms with van der Waals surface area (Å²) < 4.78 is 0. The van der Waals surface area contributed by atoms with Crippen LogP contribution < -0.4 is 0 Å². The van der Waals surface area contributed by atoms with Gasteiger partial charge in [0.15, 0.2) is 0 Å². The Morgan fingerprint density at radius 3 is 1.67 bits per heavy atom. The molecule has 2 atom stereocenters. The molecule has 32 valence electrons. The van der Waals surface area contributed by atoms with Gasteiger partial charge < -0.3 is 0 Å². The van der Waals surface area contributed by atoms with Crippen molar-refractivity contribution >= 4 is 0 Å². The molecule has 3 aliphatic carbocycles. The first-order valence-electron chi connectivity index (χ1n) is 2.97. The van der Waals surface area contributed by atoms with E-state index in [4.69, 9.17) is 0 Å². The van der Waals surface area contributed by atoms with Crippen LogP contribution in [0, 0.1) is 23.7 Å². The topological polar surface area (TPSA) is 0 Å². The lowest BCUT2D eigenvalue weighted by molar-refractivity contribution is 0.234. The SMILES string of the molecule is C1C2C[C@H]3C2[C@H]13. The molecule has 0 nitrogen and oxygen atoms in total. The van der Waals surface area contributed by atoms with Crippen LogP contribution >= 0.6 is 0 Å². The van der Waals surface area contributed by atoms with Crippen molar-refractivity contribution in [2.45, 2.75) is 12.8 Å². The molecule has 0 bridgehead atoms. The smallest absolute Gasteiger partial charge is 0.0323 e. The zero-order valence-electron chi connectivity index (χ0n) is 3.72. The van der Waals surface area contributed by atoms with Gasteiger partial charge in [-0.1, -0.05) is 0 Å². The first kappa shape index (κ1) is 2.34. The predicted octanol–water partition coefficient (Wildman–Crippen LogP) is 1.27. The van der Waals surface area contributed by atoms with E-state index in [0.717, 1.165) is 0 Å². The third kappa shape index (κ3) is 0.0744. The fourth-order valence-corrected chi connectivity index (χ4v) is 2.56. The maximum Gasteiger partial charge on any atom is -0.0323 e. The van der Waals surface area contributed by atoms with Crippen molar-refractivity contribution in [3.63, 3.8) is 0 Å². The summed E-state index contributed by atoms with van der Waals surface area (Å²) in [4.78, 5) is 0. The second-order valence-corrected chi connectivity index (χ2v) is 3.14. The molecule has 3 saturated carbocycles. The van der Waals surface area contributed by atoms with Crippen LogP contribution in [-0.2, 0) is 0 Å². The summed E-state index contributed by atoms with van der Waals surface area (Å²) in [6.45, 7) is 0. The van der Waals surface area contributed by atoms with Crippen LogP contribution in [0.1, 0.15) is 12.8 Å². The van der Waals surface area contributed by atoms with Crippen LogP contribution in [0.3, 0.4) is 0 Å². The van der Waals surface area contributed by atoms with Crippen LogP contribution in [0.5, 0.6) is 0 Å². The predicted molar refractivity (Wildman–Crippen MR) is 23.2 cm³/mol. The Kier molecular flexibility index (Phi) is 0.159. The van der Waals surface area contributed by atoms with Crippen LogP contribution in [0.15, 0.2) is 0 Å². The minimum absolute atomic E-state index is 1.25. The van der Waals surface area contributed by atoms with E-state index in [0.29, 0.717) is 0 Å². The molecule has 6 heavy (non-hydrogen) atoms. The maximum absolute atomic E-state index is 1.62. The fraction of sp³-hybridized carbons (Fsp3) is 1.00. The summed E-state index contributed by atoms with van der Waals surface area (Å²) in [5.74, 6) is 5.09. The number of hydrogen-bond donors (Lipinski definition) is 0. The van der Waals surface area contributed by atoms with Crippen molar-refractivity contribution in [2.24, 2.45) is 23.7 Å². The van der Waals surface area contributed by atoms with Crippen LogP contribution in [0.4, 0.5) is 0 Å². The number of hydrogen-bond acceptors (Lipinski definition) is 0. The van der Waals surface area contributed by atoms with Gasteiger partial charge in [0.2, 0.25) is 0 Å². The summed E-state index contributed by atoms with van der Waals surface area (Å²) in [6, 6.07) is 0. The molecule has 0 aromatic heterocycles. The van der Waals surface area contributed by atoms with Crippen LogP contribution in [0.2, 0.25) is 0 Å². The highest BCUT2D eigenvalue weighted by Gasteiger charge is 2.71. The Bertz CT molecular complexity index is 77.5. The highest BCUT2D eigenvalue weighted by Crippen LogP contribution is 2.77. The lowest BCUT2D eigenvalue weighted by atomic mass is 9.79. The quantitative estimate of drug-likeness (QED) is 0.411. The molecule has 0 radical (unpaired) electrons. The van der Waals surface area contributed by atoms with Crippen molar-refractivity contribution in [2.75, 3.05) is 0 Å². The normalized spacial score (nSPS) is 80.0. The van der Waals surface area contributed by atoms with Gasteiger partial charge in [-0.25, -0.2) is 0 Å². The van der Waals surface area contributed by atoms with Gasteiger partial charge in [-0.3, -0.25) is 0 Å². The van der Waals surface area contributed by atoms with Crippen molar-refractivity contribution in [3.8, 4) is 0 Å². The summed E-state index contributed by atoms with van der Waals surface area (Å²) in [7, 11) is 0. The second kappa shape index (κ2) is 0.408. The summed E-state index contributed by atoms with van der Waals surface area (Å²) >= 11 is 0.